The molecule has 1 nitrogen and oxygen atoms in total. The van der Waals surface area contributed by atoms with Crippen LogP contribution in [0.1, 0.15) is 13.3 Å². The highest BCUT2D eigenvalue weighted by atomic mass is 15.2. The molecule has 0 radical (unpaired) electrons. The molecule has 56 valence electrons. The zero-order valence-corrected chi connectivity index (χ0v) is 6.85. The van der Waals surface area contributed by atoms with Crippen LogP contribution in [0.15, 0.2) is 12.2 Å². The first-order chi connectivity index (χ1) is 4.64. The topological polar surface area (TPSA) is 3.24 Å². The van der Waals surface area contributed by atoms with Gasteiger partial charge in [0.15, 0.2) is 0 Å². The summed E-state index contributed by atoms with van der Waals surface area (Å²) in [6, 6.07) is 0. The Morgan fingerprint density at radius 1 is 1.60 bits per heavy atom. The molecule has 1 aliphatic heterocycles. The molecule has 0 aromatic carbocycles. The number of hydrogen-bond acceptors (Lipinski definition) is 1. The predicted octanol–water partition coefficient (Wildman–Crippen LogP) is 1.51. The van der Waals surface area contributed by atoms with Crippen LogP contribution in [0.25, 0.3) is 0 Å². The van der Waals surface area contributed by atoms with Gasteiger partial charge in [0.2, 0.25) is 0 Å². The van der Waals surface area contributed by atoms with Gasteiger partial charge >= 0.3 is 0 Å². The van der Waals surface area contributed by atoms with Crippen LogP contribution in [0.2, 0.25) is 0 Å². The van der Waals surface area contributed by atoms with Crippen molar-refractivity contribution in [2.75, 3.05) is 20.1 Å². The predicted molar refractivity (Wildman–Crippen MR) is 42.9 cm³/mol. The third-order valence-corrected chi connectivity index (χ3v) is 3.12. The van der Waals surface area contributed by atoms with Gasteiger partial charge in [0.25, 0.3) is 0 Å². The van der Waals surface area contributed by atoms with Crippen molar-refractivity contribution in [3.8, 4) is 0 Å². The summed E-state index contributed by atoms with van der Waals surface area (Å²) >= 11 is 0. The molecule has 1 heteroatoms. The van der Waals surface area contributed by atoms with Crippen LogP contribution in [0.4, 0.5) is 0 Å². The van der Waals surface area contributed by atoms with E-state index in [1.165, 1.54) is 25.1 Å². The molecule has 0 aromatic rings. The van der Waals surface area contributed by atoms with Crippen molar-refractivity contribution in [1.29, 1.82) is 0 Å². The van der Waals surface area contributed by atoms with Gasteiger partial charge in [-0.25, -0.2) is 0 Å². The molecule has 2 rings (SSSR count). The van der Waals surface area contributed by atoms with Crippen molar-refractivity contribution in [1.82, 2.24) is 4.90 Å². The fraction of sp³-hybridized carbons (Fsp3) is 0.778. The van der Waals surface area contributed by atoms with Crippen molar-refractivity contribution >= 4 is 0 Å². The normalized spacial score (nSPS) is 37.4. The minimum absolute atomic E-state index is 0.578. The van der Waals surface area contributed by atoms with Crippen LogP contribution in [0.5, 0.6) is 0 Å². The van der Waals surface area contributed by atoms with Gasteiger partial charge in [0.1, 0.15) is 0 Å². The number of rotatable bonds is 0. The summed E-state index contributed by atoms with van der Waals surface area (Å²) in [6.45, 7) is 8.93. The lowest BCUT2D eigenvalue weighted by Gasteiger charge is -2.59. The van der Waals surface area contributed by atoms with Crippen LogP contribution in [-0.4, -0.2) is 25.0 Å². The van der Waals surface area contributed by atoms with E-state index >= 15 is 0 Å². The van der Waals surface area contributed by atoms with Gasteiger partial charge in [0, 0.05) is 18.5 Å². The van der Waals surface area contributed by atoms with E-state index in [9.17, 15) is 0 Å². The van der Waals surface area contributed by atoms with Gasteiger partial charge in [-0.2, -0.15) is 0 Å². The standard InChI is InChI=1S/C9H15N/c1-7-4-9(8(7)2)5-10(3)6-9/h7H,2,4-6H2,1,3H3. The van der Waals surface area contributed by atoms with Crippen molar-refractivity contribution in [2.45, 2.75) is 13.3 Å². The van der Waals surface area contributed by atoms with E-state index in [0.717, 1.165) is 5.92 Å². The Hall–Kier alpha value is -0.300. The van der Waals surface area contributed by atoms with E-state index in [-0.39, 0.29) is 0 Å². The minimum Gasteiger partial charge on any atom is -0.305 e. The van der Waals surface area contributed by atoms with E-state index in [1.807, 2.05) is 0 Å². The summed E-state index contributed by atoms with van der Waals surface area (Å²) in [5.41, 5.74) is 2.08. The average molecular weight is 137 g/mol. The Morgan fingerprint density at radius 2 is 2.20 bits per heavy atom. The number of hydrogen-bond donors (Lipinski definition) is 0. The Labute approximate surface area is 62.7 Å². The van der Waals surface area contributed by atoms with Crippen LogP contribution < -0.4 is 0 Å². The van der Waals surface area contributed by atoms with Gasteiger partial charge in [-0.15, -0.1) is 0 Å². The maximum Gasteiger partial charge on any atom is 0.0172 e. The van der Waals surface area contributed by atoms with Crippen molar-refractivity contribution in [2.24, 2.45) is 11.3 Å². The Balaban J connectivity index is 2.04. The highest BCUT2D eigenvalue weighted by Gasteiger charge is 2.52. The largest absolute Gasteiger partial charge is 0.305 e. The van der Waals surface area contributed by atoms with Gasteiger partial charge in [0.05, 0.1) is 0 Å². The van der Waals surface area contributed by atoms with Gasteiger partial charge in [-0.3, -0.25) is 0 Å². The lowest BCUT2D eigenvalue weighted by molar-refractivity contribution is -0.0129. The summed E-state index contributed by atoms with van der Waals surface area (Å²) in [7, 11) is 2.18. The highest BCUT2D eigenvalue weighted by Crippen LogP contribution is 2.54. The highest BCUT2D eigenvalue weighted by molar-refractivity contribution is 5.28. The molecular weight excluding hydrogens is 122 g/mol. The molecule has 2 aliphatic rings. The van der Waals surface area contributed by atoms with Gasteiger partial charge in [-0.1, -0.05) is 19.1 Å². The maximum atomic E-state index is 4.12. The first kappa shape index (κ1) is 6.41. The SMILES string of the molecule is C=C1C(C)CC12CN(C)C2. The third-order valence-electron chi connectivity index (χ3n) is 3.12. The van der Waals surface area contributed by atoms with Gasteiger partial charge < -0.3 is 4.90 Å². The molecule has 0 N–H and O–H groups in total. The molecule has 1 heterocycles. The molecular formula is C9H15N. The second-order valence-electron chi connectivity index (χ2n) is 4.08. The molecule has 10 heavy (non-hydrogen) atoms. The fourth-order valence-corrected chi connectivity index (χ4v) is 2.55. The molecule has 2 fully saturated rings. The first-order valence-corrected chi connectivity index (χ1v) is 4.02. The Bertz CT molecular complexity index is 172. The average Bonchev–Trinajstić information content (AvgIpc) is 1.84. The van der Waals surface area contributed by atoms with Crippen molar-refractivity contribution < 1.29 is 0 Å². The molecule has 1 atom stereocenters. The quantitative estimate of drug-likeness (QED) is 0.457. The van der Waals surface area contributed by atoms with Crippen molar-refractivity contribution in [3.63, 3.8) is 0 Å². The molecule has 0 amide bonds. The Kier molecular flexibility index (Phi) is 1.06. The molecule has 1 aliphatic carbocycles. The zero-order valence-electron chi connectivity index (χ0n) is 6.85. The summed E-state index contributed by atoms with van der Waals surface area (Å²) < 4.78 is 0. The number of likely N-dealkylation sites (tertiary alicyclic amines) is 1. The number of nitrogens with zero attached hydrogens (tertiary/aromatic N) is 1. The maximum absolute atomic E-state index is 4.12. The molecule has 1 unspecified atom stereocenters. The smallest absolute Gasteiger partial charge is 0.0172 e. The monoisotopic (exact) mass is 137 g/mol. The summed E-state index contributed by atoms with van der Waals surface area (Å²) in [4.78, 5) is 2.37. The molecule has 0 bridgehead atoms. The molecule has 0 aromatic heterocycles. The van der Waals surface area contributed by atoms with Crippen LogP contribution in [-0.2, 0) is 0 Å². The second-order valence-corrected chi connectivity index (χ2v) is 4.08. The lowest BCUT2D eigenvalue weighted by atomic mass is 9.55. The zero-order chi connectivity index (χ0) is 7.35. The van der Waals surface area contributed by atoms with E-state index in [0.29, 0.717) is 5.41 Å². The van der Waals surface area contributed by atoms with Crippen LogP contribution >= 0.6 is 0 Å². The van der Waals surface area contributed by atoms with Crippen LogP contribution in [0.3, 0.4) is 0 Å². The minimum atomic E-state index is 0.578. The van der Waals surface area contributed by atoms with Crippen molar-refractivity contribution in [3.05, 3.63) is 12.2 Å². The summed E-state index contributed by atoms with van der Waals surface area (Å²) in [5, 5.41) is 0. The van der Waals surface area contributed by atoms with Gasteiger partial charge in [-0.05, 0) is 19.4 Å². The second kappa shape index (κ2) is 1.65. The fourth-order valence-electron chi connectivity index (χ4n) is 2.55. The first-order valence-electron chi connectivity index (χ1n) is 4.02. The molecule has 1 saturated carbocycles. The van der Waals surface area contributed by atoms with E-state index in [1.54, 1.807) is 0 Å². The summed E-state index contributed by atoms with van der Waals surface area (Å²) in [5.74, 6) is 0.800. The van der Waals surface area contributed by atoms with Crippen LogP contribution in [0, 0.1) is 11.3 Å². The van der Waals surface area contributed by atoms with E-state index in [4.69, 9.17) is 0 Å². The molecule has 1 spiro atoms. The summed E-state index contributed by atoms with van der Waals surface area (Å²) in [6.07, 6.45) is 1.39. The van der Waals surface area contributed by atoms with E-state index in [2.05, 4.69) is 25.5 Å². The molecule has 1 saturated heterocycles. The lowest BCUT2D eigenvalue weighted by Crippen LogP contribution is -2.61. The van der Waals surface area contributed by atoms with E-state index < -0.39 is 0 Å². The third kappa shape index (κ3) is 0.567. The Morgan fingerprint density at radius 3 is 2.50 bits per heavy atom.